The van der Waals surface area contributed by atoms with Gasteiger partial charge in [-0.1, -0.05) is 24.3 Å². The van der Waals surface area contributed by atoms with E-state index in [0.29, 0.717) is 22.7 Å². The Hall–Kier alpha value is -3.80. The molecular formula is C23H21N3O3. The Kier molecular flexibility index (Phi) is 4.91. The van der Waals surface area contributed by atoms with Gasteiger partial charge < -0.3 is 19.2 Å². The molecule has 2 aromatic heterocycles. The van der Waals surface area contributed by atoms with Crippen LogP contribution in [-0.4, -0.2) is 29.5 Å². The molecule has 0 radical (unpaired) electrons. The van der Waals surface area contributed by atoms with Crippen molar-refractivity contribution in [2.24, 2.45) is 0 Å². The summed E-state index contributed by atoms with van der Waals surface area (Å²) in [5, 5.41) is 3.00. The van der Waals surface area contributed by atoms with Gasteiger partial charge in [0, 0.05) is 23.0 Å². The van der Waals surface area contributed by atoms with Crippen molar-refractivity contribution in [2.75, 3.05) is 19.5 Å². The van der Waals surface area contributed by atoms with Crippen molar-refractivity contribution >= 4 is 17.2 Å². The first-order valence-corrected chi connectivity index (χ1v) is 9.19. The van der Waals surface area contributed by atoms with Crippen LogP contribution in [0.15, 0.2) is 66.9 Å². The van der Waals surface area contributed by atoms with Crippen molar-refractivity contribution in [1.29, 1.82) is 0 Å². The summed E-state index contributed by atoms with van der Waals surface area (Å²) in [6.45, 7) is 2.02. The average Bonchev–Trinajstić information content (AvgIpc) is 3.10. The summed E-state index contributed by atoms with van der Waals surface area (Å²) in [4.78, 5) is 17.6. The molecule has 0 atom stereocenters. The number of para-hydroxylation sites is 1. The molecule has 1 N–H and O–H groups in total. The topological polar surface area (TPSA) is 64.9 Å². The summed E-state index contributed by atoms with van der Waals surface area (Å²) in [7, 11) is 3.10. The minimum atomic E-state index is -0.236. The van der Waals surface area contributed by atoms with E-state index in [4.69, 9.17) is 14.5 Å². The fourth-order valence-electron chi connectivity index (χ4n) is 3.34. The molecule has 2 heterocycles. The van der Waals surface area contributed by atoms with Crippen LogP contribution in [0.3, 0.4) is 0 Å². The van der Waals surface area contributed by atoms with Gasteiger partial charge in [0.2, 0.25) is 0 Å². The van der Waals surface area contributed by atoms with Gasteiger partial charge in [0.25, 0.3) is 5.91 Å². The standard InChI is InChI=1S/C23H21N3O3/c1-15-22(25-21-10-6-7-13-26(15)21)17-8-4-5-9-18(17)24-23(27)16-11-12-19(28-2)20(14-16)29-3/h4-14H,1-3H3,(H,24,27). The lowest BCUT2D eigenvalue weighted by atomic mass is 10.1. The van der Waals surface area contributed by atoms with Crippen LogP contribution in [0.4, 0.5) is 5.69 Å². The second kappa shape index (κ2) is 7.67. The molecule has 29 heavy (non-hydrogen) atoms. The van der Waals surface area contributed by atoms with Crippen LogP contribution in [0, 0.1) is 6.92 Å². The molecule has 0 saturated carbocycles. The van der Waals surface area contributed by atoms with Crippen LogP contribution in [0.1, 0.15) is 16.1 Å². The highest BCUT2D eigenvalue weighted by Crippen LogP contribution is 2.32. The summed E-state index contributed by atoms with van der Waals surface area (Å²) in [5.74, 6) is 0.842. The monoisotopic (exact) mass is 387 g/mol. The number of nitrogens with zero attached hydrogens (tertiary/aromatic N) is 2. The number of hydrogen-bond acceptors (Lipinski definition) is 4. The van der Waals surface area contributed by atoms with E-state index in [2.05, 4.69) is 5.32 Å². The van der Waals surface area contributed by atoms with E-state index in [1.807, 2.05) is 60.0 Å². The lowest BCUT2D eigenvalue weighted by molar-refractivity contribution is 0.102. The predicted octanol–water partition coefficient (Wildman–Crippen LogP) is 4.58. The number of rotatable bonds is 5. The molecule has 4 aromatic rings. The highest BCUT2D eigenvalue weighted by Gasteiger charge is 2.16. The van der Waals surface area contributed by atoms with Gasteiger partial charge in [0.15, 0.2) is 11.5 Å². The Morgan fingerprint density at radius 1 is 0.966 bits per heavy atom. The molecular weight excluding hydrogens is 366 g/mol. The van der Waals surface area contributed by atoms with Gasteiger partial charge in [-0.05, 0) is 43.3 Å². The van der Waals surface area contributed by atoms with Crippen molar-refractivity contribution in [3.63, 3.8) is 0 Å². The van der Waals surface area contributed by atoms with Crippen molar-refractivity contribution < 1.29 is 14.3 Å². The van der Waals surface area contributed by atoms with Crippen LogP contribution in [-0.2, 0) is 0 Å². The molecule has 0 aliphatic carbocycles. The van der Waals surface area contributed by atoms with Crippen LogP contribution in [0.25, 0.3) is 16.9 Å². The number of carbonyl (C=O) groups is 1. The first kappa shape index (κ1) is 18.6. The van der Waals surface area contributed by atoms with Gasteiger partial charge in [0.05, 0.1) is 25.6 Å². The van der Waals surface area contributed by atoms with E-state index in [-0.39, 0.29) is 5.91 Å². The van der Waals surface area contributed by atoms with Gasteiger partial charge in [-0.2, -0.15) is 0 Å². The first-order valence-electron chi connectivity index (χ1n) is 9.19. The van der Waals surface area contributed by atoms with E-state index in [0.717, 1.165) is 22.6 Å². The first-order chi connectivity index (χ1) is 14.1. The molecule has 0 aliphatic heterocycles. The zero-order chi connectivity index (χ0) is 20.4. The summed E-state index contributed by atoms with van der Waals surface area (Å²) >= 11 is 0. The number of benzene rings is 2. The van der Waals surface area contributed by atoms with Crippen LogP contribution < -0.4 is 14.8 Å². The lowest BCUT2D eigenvalue weighted by Gasteiger charge is -2.12. The quantitative estimate of drug-likeness (QED) is 0.544. The van der Waals surface area contributed by atoms with Crippen LogP contribution >= 0.6 is 0 Å². The summed E-state index contributed by atoms with van der Waals surface area (Å²) < 4.78 is 12.6. The molecule has 0 bridgehead atoms. The maximum absolute atomic E-state index is 12.9. The largest absolute Gasteiger partial charge is 0.493 e. The average molecular weight is 387 g/mol. The van der Waals surface area contributed by atoms with Gasteiger partial charge in [-0.25, -0.2) is 4.98 Å². The lowest BCUT2D eigenvalue weighted by Crippen LogP contribution is -2.13. The third-order valence-electron chi connectivity index (χ3n) is 4.84. The molecule has 0 spiro atoms. The molecule has 6 heteroatoms. The van der Waals surface area contributed by atoms with Crippen molar-refractivity contribution in [3.8, 4) is 22.8 Å². The summed E-state index contributed by atoms with van der Waals surface area (Å²) in [5.41, 5.74) is 4.74. The Bertz CT molecular complexity index is 1200. The Morgan fingerprint density at radius 3 is 2.48 bits per heavy atom. The predicted molar refractivity (Wildman–Crippen MR) is 113 cm³/mol. The Balaban J connectivity index is 1.70. The number of imidazole rings is 1. The van der Waals surface area contributed by atoms with Gasteiger partial charge in [-0.15, -0.1) is 0 Å². The van der Waals surface area contributed by atoms with Gasteiger partial charge >= 0.3 is 0 Å². The number of amides is 1. The highest BCUT2D eigenvalue weighted by molar-refractivity contribution is 6.06. The maximum Gasteiger partial charge on any atom is 0.255 e. The zero-order valence-electron chi connectivity index (χ0n) is 16.5. The molecule has 2 aromatic carbocycles. The summed E-state index contributed by atoms with van der Waals surface area (Å²) in [6, 6.07) is 18.6. The van der Waals surface area contributed by atoms with Crippen molar-refractivity contribution in [3.05, 3.63) is 78.1 Å². The smallest absolute Gasteiger partial charge is 0.255 e. The second-order valence-corrected chi connectivity index (χ2v) is 6.54. The number of ether oxygens (including phenoxy) is 2. The third kappa shape index (κ3) is 3.40. The summed E-state index contributed by atoms with van der Waals surface area (Å²) in [6.07, 6.45) is 1.98. The zero-order valence-corrected chi connectivity index (χ0v) is 16.5. The number of carbonyl (C=O) groups excluding carboxylic acids is 1. The SMILES string of the molecule is COc1ccc(C(=O)Nc2ccccc2-c2nc3ccccn3c2C)cc1OC. The molecule has 0 fully saturated rings. The highest BCUT2D eigenvalue weighted by atomic mass is 16.5. The maximum atomic E-state index is 12.9. The minimum absolute atomic E-state index is 0.236. The van der Waals surface area contributed by atoms with E-state index < -0.39 is 0 Å². The molecule has 6 nitrogen and oxygen atoms in total. The van der Waals surface area contributed by atoms with Crippen LogP contribution in [0.5, 0.6) is 11.5 Å². The van der Waals surface area contributed by atoms with Crippen molar-refractivity contribution in [2.45, 2.75) is 6.92 Å². The Labute approximate surface area is 168 Å². The number of hydrogen-bond donors (Lipinski definition) is 1. The molecule has 0 unspecified atom stereocenters. The molecule has 0 saturated heterocycles. The number of nitrogens with one attached hydrogen (secondary N) is 1. The number of methoxy groups -OCH3 is 2. The van der Waals surface area contributed by atoms with Crippen molar-refractivity contribution in [1.82, 2.24) is 9.38 Å². The fourth-order valence-corrected chi connectivity index (χ4v) is 3.34. The minimum Gasteiger partial charge on any atom is -0.493 e. The second-order valence-electron chi connectivity index (χ2n) is 6.54. The molecule has 0 aliphatic rings. The van der Waals surface area contributed by atoms with Gasteiger partial charge in [0.1, 0.15) is 5.65 Å². The number of aryl methyl sites for hydroxylation is 1. The fraction of sp³-hybridized carbons (Fsp3) is 0.130. The van der Waals surface area contributed by atoms with E-state index in [1.54, 1.807) is 32.4 Å². The van der Waals surface area contributed by atoms with Crippen LogP contribution in [0.2, 0.25) is 0 Å². The molecule has 4 rings (SSSR count). The van der Waals surface area contributed by atoms with E-state index in [9.17, 15) is 4.79 Å². The van der Waals surface area contributed by atoms with E-state index in [1.165, 1.54) is 0 Å². The number of pyridine rings is 1. The number of aromatic nitrogens is 2. The van der Waals surface area contributed by atoms with Gasteiger partial charge in [-0.3, -0.25) is 4.79 Å². The Morgan fingerprint density at radius 2 is 1.72 bits per heavy atom. The number of anilines is 1. The normalized spacial score (nSPS) is 10.7. The molecule has 146 valence electrons. The van der Waals surface area contributed by atoms with E-state index >= 15 is 0 Å². The third-order valence-corrected chi connectivity index (χ3v) is 4.84. The number of fused-ring (bicyclic) bond motifs is 1. The molecule has 1 amide bonds.